The van der Waals surface area contributed by atoms with Gasteiger partial charge >= 0.3 is 12.1 Å². The SMILES string of the molecule is COC(=O)c1ccc(OC)c(NS(=O)(=O)c2cc(C(F)(F)F)ccc2Br)c1. The molecule has 0 atom stereocenters. The average molecular weight is 468 g/mol. The number of anilines is 1. The maximum absolute atomic E-state index is 12.9. The van der Waals surface area contributed by atoms with E-state index in [0.717, 1.165) is 25.3 Å². The Morgan fingerprint density at radius 3 is 2.33 bits per heavy atom. The van der Waals surface area contributed by atoms with Gasteiger partial charge in [0.05, 0.1) is 31.0 Å². The molecule has 0 unspecified atom stereocenters. The third-order valence-electron chi connectivity index (χ3n) is 3.41. The Bertz CT molecular complexity index is 977. The van der Waals surface area contributed by atoms with E-state index in [0.29, 0.717) is 6.07 Å². The quantitative estimate of drug-likeness (QED) is 0.670. The molecule has 0 saturated carbocycles. The van der Waals surface area contributed by atoms with Crippen molar-refractivity contribution in [1.29, 1.82) is 0 Å². The Morgan fingerprint density at radius 1 is 1.11 bits per heavy atom. The zero-order valence-corrected chi connectivity index (χ0v) is 16.3. The second-order valence-corrected chi connectivity index (χ2v) is 7.66. The van der Waals surface area contributed by atoms with Gasteiger partial charge in [-0.3, -0.25) is 4.72 Å². The molecular weight excluding hydrogens is 455 g/mol. The van der Waals surface area contributed by atoms with Crippen LogP contribution in [0.15, 0.2) is 45.8 Å². The Labute approximate surface area is 161 Å². The van der Waals surface area contributed by atoms with E-state index in [1.54, 1.807) is 0 Å². The lowest BCUT2D eigenvalue weighted by molar-refractivity contribution is -0.137. The first-order valence-corrected chi connectivity index (χ1v) is 9.43. The highest BCUT2D eigenvalue weighted by Crippen LogP contribution is 2.35. The maximum atomic E-state index is 12.9. The molecule has 0 aliphatic carbocycles. The fourth-order valence-electron chi connectivity index (χ4n) is 2.12. The van der Waals surface area contributed by atoms with Crippen LogP contribution in [-0.2, 0) is 20.9 Å². The molecule has 0 saturated heterocycles. The highest BCUT2D eigenvalue weighted by molar-refractivity contribution is 9.10. The molecule has 27 heavy (non-hydrogen) atoms. The summed E-state index contributed by atoms with van der Waals surface area (Å²) in [5, 5.41) is 0. The fraction of sp³-hybridized carbons (Fsp3) is 0.188. The third-order valence-corrected chi connectivity index (χ3v) is 5.77. The molecule has 0 heterocycles. The molecule has 0 aliphatic heterocycles. The highest BCUT2D eigenvalue weighted by Gasteiger charge is 2.33. The number of ether oxygens (including phenoxy) is 2. The lowest BCUT2D eigenvalue weighted by Gasteiger charge is -2.15. The van der Waals surface area contributed by atoms with Crippen molar-refractivity contribution in [3.63, 3.8) is 0 Å². The van der Waals surface area contributed by atoms with Crippen molar-refractivity contribution in [1.82, 2.24) is 0 Å². The first-order valence-electron chi connectivity index (χ1n) is 7.15. The van der Waals surface area contributed by atoms with E-state index < -0.39 is 32.6 Å². The predicted molar refractivity (Wildman–Crippen MR) is 94.3 cm³/mol. The number of nitrogens with one attached hydrogen (secondary N) is 1. The number of hydrogen-bond acceptors (Lipinski definition) is 5. The number of halogens is 4. The van der Waals surface area contributed by atoms with Crippen molar-refractivity contribution in [2.75, 3.05) is 18.9 Å². The van der Waals surface area contributed by atoms with Crippen LogP contribution < -0.4 is 9.46 Å². The number of benzene rings is 2. The molecule has 2 aromatic rings. The molecule has 0 aromatic heterocycles. The van der Waals surface area contributed by atoms with Gasteiger partial charge in [0.2, 0.25) is 0 Å². The smallest absolute Gasteiger partial charge is 0.416 e. The molecule has 6 nitrogen and oxygen atoms in total. The molecule has 0 aliphatic rings. The van der Waals surface area contributed by atoms with Gasteiger partial charge in [-0.05, 0) is 52.3 Å². The van der Waals surface area contributed by atoms with Crippen LogP contribution in [0.3, 0.4) is 0 Å². The molecule has 0 fully saturated rings. The van der Waals surface area contributed by atoms with Crippen molar-refractivity contribution < 1.29 is 35.9 Å². The number of carbonyl (C=O) groups is 1. The third kappa shape index (κ3) is 4.72. The lowest BCUT2D eigenvalue weighted by Crippen LogP contribution is -2.16. The van der Waals surface area contributed by atoms with Crippen molar-refractivity contribution in [3.05, 3.63) is 52.0 Å². The standard InChI is InChI=1S/C16H13BrF3NO5S/c1-25-13-6-3-9(15(22)26-2)7-12(13)21-27(23,24)14-8-10(16(18,19)20)4-5-11(14)17/h3-8,21H,1-2H3. The van der Waals surface area contributed by atoms with Gasteiger partial charge < -0.3 is 9.47 Å². The van der Waals surface area contributed by atoms with Crippen LogP contribution in [0.5, 0.6) is 5.75 Å². The van der Waals surface area contributed by atoms with Gasteiger partial charge in [0, 0.05) is 4.47 Å². The molecule has 0 spiro atoms. The molecule has 0 amide bonds. The molecule has 0 radical (unpaired) electrons. The van der Waals surface area contributed by atoms with Crippen LogP contribution in [0, 0.1) is 0 Å². The van der Waals surface area contributed by atoms with Crippen molar-refractivity contribution in [2.24, 2.45) is 0 Å². The summed E-state index contributed by atoms with van der Waals surface area (Å²) in [7, 11) is -2.02. The van der Waals surface area contributed by atoms with Crippen molar-refractivity contribution >= 4 is 37.6 Å². The van der Waals surface area contributed by atoms with Crippen LogP contribution in [0.1, 0.15) is 15.9 Å². The van der Waals surface area contributed by atoms with E-state index in [-0.39, 0.29) is 21.5 Å². The molecule has 0 bridgehead atoms. The van der Waals surface area contributed by atoms with Gasteiger partial charge in [0.1, 0.15) is 10.6 Å². The molecular formula is C16H13BrF3NO5S. The van der Waals surface area contributed by atoms with Crippen LogP contribution in [0.2, 0.25) is 0 Å². The summed E-state index contributed by atoms with van der Waals surface area (Å²) in [6, 6.07) is 6.07. The summed E-state index contributed by atoms with van der Waals surface area (Å²) < 4.78 is 75.7. The van der Waals surface area contributed by atoms with Gasteiger partial charge in [-0.2, -0.15) is 13.2 Å². The van der Waals surface area contributed by atoms with E-state index in [1.807, 2.05) is 0 Å². The summed E-state index contributed by atoms with van der Waals surface area (Å²) >= 11 is 2.94. The largest absolute Gasteiger partial charge is 0.495 e. The second-order valence-electron chi connectivity index (χ2n) is 5.16. The zero-order chi connectivity index (χ0) is 20.4. The molecule has 1 N–H and O–H groups in total. The fourth-order valence-corrected chi connectivity index (χ4v) is 4.17. The number of carbonyl (C=O) groups excluding carboxylic acids is 1. The molecule has 11 heteroatoms. The number of rotatable bonds is 5. The minimum Gasteiger partial charge on any atom is -0.495 e. The normalized spacial score (nSPS) is 11.8. The van der Waals surface area contributed by atoms with Crippen molar-refractivity contribution in [3.8, 4) is 5.75 Å². The van der Waals surface area contributed by atoms with Gasteiger partial charge in [-0.1, -0.05) is 0 Å². The first-order chi connectivity index (χ1) is 12.5. The van der Waals surface area contributed by atoms with Crippen molar-refractivity contribution in [2.45, 2.75) is 11.1 Å². The van der Waals surface area contributed by atoms with E-state index in [1.165, 1.54) is 19.2 Å². The Morgan fingerprint density at radius 2 is 1.78 bits per heavy atom. The maximum Gasteiger partial charge on any atom is 0.416 e. The summed E-state index contributed by atoms with van der Waals surface area (Å²) in [6.45, 7) is 0. The summed E-state index contributed by atoms with van der Waals surface area (Å²) in [4.78, 5) is 11.0. The topological polar surface area (TPSA) is 81.7 Å². The van der Waals surface area contributed by atoms with Crippen LogP contribution in [-0.4, -0.2) is 28.6 Å². The van der Waals surface area contributed by atoms with Gasteiger partial charge in [0.15, 0.2) is 0 Å². The number of hydrogen-bond donors (Lipinski definition) is 1. The number of alkyl halides is 3. The molecule has 146 valence electrons. The number of sulfonamides is 1. The Balaban J connectivity index is 2.52. The average Bonchev–Trinajstić information content (AvgIpc) is 2.59. The van der Waals surface area contributed by atoms with Gasteiger partial charge in [0.25, 0.3) is 10.0 Å². The van der Waals surface area contributed by atoms with E-state index in [9.17, 15) is 26.4 Å². The minimum atomic E-state index is -4.71. The van der Waals surface area contributed by atoms with Crippen LogP contribution >= 0.6 is 15.9 Å². The Kier molecular flexibility index (Phi) is 6.05. The summed E-state index contributed by atoms with van der Waals surface area (Å²) in [6.07, 6.45) is -4.71. The predicted octanol–water partition coefficient (Wildman–Crippen LogP) is 4.06. The highest BCUT2D eigenvalue weighted by atomic mass is 79.9. The number of methoxy groups -OCH3 is 2. The van der Waals surface area contributed by atoms with E-state index in [2.05, 4.69) is 25.4 Å². The summed E-state index contributed by atoms with van der Waals surface area (Å²) in [5.41, 5.74) is -1.23. The zero-order valence-electron chi connectivity index (χ0n) is 13.9. The van der Waals surface area contributed by atoms with Crippen LogP contribution in [0.25, 0.3) is 0 Å². The summed E-state index contributed by atoms with van der Waals surface area (Å²) in [5.74, 6) is -0.660. The van der Waals surface area contributed by atoms with Gasteiger partial charge in [-0.15, -0.1) is 0 Å². The molecule has 2 rings (SSSR count). The molecule has 2 aromatic carbocycles. The van der Waals surface area contributed by atoms with E-state index in [4.69, 9.17) is 4.74 Å². The monoisotopic (exact) mass is 467 g/mol. The Hall–Kier alpha value is -2.27. The lowest BCUT2D eigenvalue weighted by atomic mass is 10.2. The van der Waals surface area contributed by atoms with Gasteiger partial charge in [-0.25, -0.2) is 13.2 Å². The van der Waals surface area contributed by atoms with Crippen LogP contribution in [0.4, 0.5) is 18.9 Å². The second kappa shape index (κ2) is 7.77. The first kappa shape index (κ1) is 21.0. The minimum absolute atomic E-state index is 0.0270. The number of esters is 1. The van der Waals surface area contributed by atoms with E-state index >= 15 is 0 Å².